The summed E-state index contributed by atoms with van der Waals surface area (Å²) in [5.41, 5.74) is 2.03. The van der Waals surface area contributed by atoms with E-state index < -0.39 is 0 Å². The Morgan fingerprint density at radius 3 is 1.41 bits per heavy atom. The largest absolute Gasteiger partial charge is 0.354 e. The lowest BCUT2D eigenvalue weighted by atomic mass is 10.1. The molecule has 2 aromatic rings. The van der Waals surface area contributed by atoms with E-state index >= 15 is 0 Å². The second kappa shape index (κ2) is 6.11. The summed E-state index contributed by atoms with van der Waals surface area (Å²) >= 11 is 0. The van der Waals surface area contributed by atoms with Crippen molar-refractivity contribution in [3.05, 3.63) is 24.3 Å². The third-order valence-corrected chi connectivity index (χ3v) is 4.85. The van der Waals surface area contributed by atoms with Gasteiger partial charge in [0.1, 0.15) is 0 Å². The average Bonchev–Trinajstić information content (AvgIpc) is 2.62. The fraction of sp³-hybridized carbons (Fsp3) is 0.556. The number of aromatic nitrogens is 2. The Bertz CT molecular complexity index is 586. The molecule has 2 fully saturated rings. The van der Waals surface area contributed by atoms with E-state index in [0.717, 1.165) is 48.8 Å². The molecular weight excluding hydrogens is 272 g/mol. The molecule has 4 heteroatoms. The molecular formula is C18H24N4. The zero-order chi connectivity index (χ0) is 14.8. The quantitative estimate of drug-likeness (QED) is 0.847. The van der Waals surface area contributed by atoms with Gasteiger partial charge in [0.25, 0.3) is 0 Å². The molecule has 0 spiro atoms. The van der Waals surface area contributed by atoms with Gasteiger partial charge in [0.05, 0.1) is 11.0 Å². The molecule has 4 rings (SSSR count). The van der Waals surface area contributed by atoms with Gasteiger partial charge in [-0.3, -0.25) is 0 Å². The molecule has 0 unspecified atom stereocenters. The van der Waals surface area contributed by atoms with E-state index in [-0.39, 0.29) is 0 Å². The predicted octanol–water partition coefficient (Wildman–Crippen LogP) is 3.61. The van der Waals surface area contributed by atoms with Gasteiger partial charge in [-0.15, -0.1) is 0 Å². The molecule has 2 aliphatic rings. The third kappa shape index (κ3) is 2.62. The van der Waals surface area contributed by atoms with Gasteiger partial charge in [0.2, 0.25) is 0 Å². The van der Waals surface area contributed by atoms with E-state index in [1.165, 1.54) is 38.5 Å². The highest BCUT2D eigenvalue weighted by atomic mass is 15.3. The first-order chi connectivity index (χ1) is 10.9. The van der Waals surface area contributed by atoms with Crippen molar-refractivity contribution in [1.82, 2.24) is 9.97 Å². The minimum Gasteiger partial charge on any atom is -0.354 e. The van der Waals surface area contributed by atoms with Crippen molar-refractivity contribution in [3.8, 4) is 0 Å². The summed E-state index contributed by atoms with van der Waals surface area (Å²) in [7, 11) is 0. The number of para-hydroxylation sites is 2. The maximum absolute atomic E-state index is 5.00. The number of nitrogens with zero attached hydrogens (tertiary/aromatic N) is 4. The Balaban J connectivity index is 1.79. The minimum atomic E-state index is 1.02. The minimum absolute atomic E-state index is 1.02. The standard InChI is InChI=1S/C18H24N4/c1-5-11-21(12-6-1)17-18(22-13-7-2-8-14-22)20-16-10-4-3-9-15(16)19-17/h3-4,9-10H,1-2,5-8,11-14H2. The second-order valence-corrected chi connectivity index (χ2v) is 6.45. The molecule has 0 N–H and O–H groups in total. The van der Waals surface area contributed by atoms with Gasteiger partial charge in [0, 0.05) is 26.2 Å². The van der Waals surface area contributed by atoms with Gasteiger partial charge >= 0.3 is 0 Å². The van der Waals surface area contributed by atoms with Gasteiger partial charge in [-0.2, -0.15) is 0 Å². The van der Waals surface area contributed by atoms with Crippen LogP contribution in [0.4, 0.5) is 11.6 Å². The molecule has 0 atom stereocenters. The molecule has 0 amide bonds. The number of piperidine rings is 2. The number of hydrogen-bond acceptors (Lipinski definition) is 4. The Morgan fingerprint density at radius 2 is 1.00 bits per heavy atom. The Kier molecular flexibility index (Phi) is 3.83. The van der Waals surface area contributed by atoms with Crippen LogP contribution in [0.1, 0.15) is 38.5 Å². The van der Waals surface area contributed by atoms with E-state index in [1.54, 1.807) is 0 Å². The van der Waals surface area contributed by atoms with Gasteiger partial charge in [-0.05, 0) is 50.7 Å². The fourth-order valence-corrected chi connectivity index (χ4v) is 3.62. The maximum atomic E-state index is 5.00. The first kappa shape index (κ1) is 13.8. The van der Waals surface area contributed by atoms with Crippen LogP contribution in [0.25, 0.3) is 11.0 Å². The van der Waals surface area contributed by atoms with Crippen LogP contribution < -0.4 is 9.80 Å². The molecule has 0 saturated carbocycles. The van der Waals surface area contributed by atoms with Crippen molar-refractivity contribution >= 4 is 22.7 Å². The summed E-state index contributed by atoms with van der Waals surface area (Å²) in [6.45, 7) is 4.48. The van der Waals surface area contributed by atoms with Gasteiger partial charge in [-0.1, -0.05) is 12.1 Å². The lowest BCUT2D eigenvalue weighted by Crippen LogP contribution is -2.35. The van der Waals surface area contributed by atoms with E-state index in [1.807, 2.05) is 0 Å². The van der Waals surface area contributed by atoms with E-state index in [4.69, 9.17) is 9.97 Å². The highest BCUT2D eigenvalue weighted by Gasteiger charge is 2.23. The van der Waals surface area contributed by atoms with Crippen LogP contribution in [0.2, 0.25) is 0 Å². The van der Waals surface area contributed by atoms with E-state index in [9.17, 15) is 0 Å². The summed E-state index contributed by atoms with van der Waals surface area (Å²) in [4.78, 5) is 14.9. The average molecular weight is 296 g/mol. The zero-order valence-corrected chi connectivity index (χ0v) is 13.2. The van der Waals surface area contributed by atoms with E-state index in [0.29, 0.717) is 0 Å². The van der Waals surface area contributed by atoms with Crippen molar-refractivity contribution in [2.75, 3.05) is 36.0 Å². The van der Waals surface area contributed by atoms with E-state index in [2.05, 4.69) is 34.1 Å². The maximum Gasteiger partial charge on any atom is 0.172 e. The molecule has 3 heterocycles. The van der Waals surface area contributed by atoms with Crippen molar-refractivity contribution in [1.29, 1.82) is 0 Å². The molecule has 1 aromatic heterocycles. The van der Waals surface area contributed by atoms with Crippen LogP contribution in [-0.4, -0.2) is 36.1 Å². The molecule has 1 aromatic carbocycles. The molecule has 22 heavy (non-hydrogen) atoms. The summed E-state index contributed by atoms with van der Waals surface area (Å²) in [6.07, 6.45) is 7.77. The molecule has 0 radical (unpaired) electrons. The van der Waals surface area contributed by atoms with Crippen molar-refractivity contribution in [3.63, 3.8) is 0 Å². The van der Waals surface area contributed by atoms with Gasteiger partial charge in [0.15, 0.2) is 11.6 Å². The SMILES string of the molecule is c1ccc2nc(N3CCCCC3)c(N3CCCCC3)nc2c1. The normalized spacial score (nSPS) is 19.6. The Labute approximate surface area is 132 Å². The third-order valence-electron chi connectivity index (χ3n) is 4.85. The summed E-state index contributed by atoms with van der Waals surface area (Å²) < 4.78 is 0. The van der Waals surface area contributed by atoms with Crippen molar-refractivity contribution in [2.45, 2.75) is 38.5 Å². The lowest BCUT2D eigenvalue weighted by molar-refractivity contribution is 0.559. The Hall–Kier alpha value is -1.84. The lowest BCUT2D eigenvalue weighted by Gasteiger charge is -2.34. The predicted molar refractivity (Wildman–Crippen MR) is 91.7 cm³/mol. The van der Waals surface area contributed by atoms with Crippen LogP contribution in [0.15, 0.2) is 24.3 Å². The van der Waals surface area contributed by atoms with Crippen molar-refractivity contribution in [2.24, 2.45) is 0 Å². The highest BCUT2D eigenvalue weighted by Crippen LogP contribution is 2.31. The summed E-state index contributed by atoms with van der Waals surface area (Å²) in [5, 5.41) is 0. The number of hydrogen-bond donors (Lipinski definition) is 0. The molecule has 0 aliphatic carbocycles. The second-order valence-electron chi connectivity index (χ2n) is 6.45. The van der Waals surface area contributed by atoms with Crippen molar-refractivity contribution < 1.29 is 0 Å². The number of anilines is 2. The van der Waals surface area contributed by atoms with Crippen LogP contribution in [-0.2, 0) is 0 Å². The first-order valence-corrected chi connectivity index (χ1v) is 8.68. The molecule has 4 nitrogen and oxygen atoms in total. The fourth-order valence-electron chi connectivity index (χ4n) is 3.62. The summed E-state index contributed by atoms with van der Waals surface area (Å²) in [6, 6.07) is 8.26. The van der Waals surface area contributed by atoms with Gasteiger partial charge in [-0.25, -0.2) is 9.97 Å². The van der Waals surface area contributed by atoms with Gasteiger partial charge < -0.3 is 9.80 Å². The molecule has 2 saturated heterocycles. The topological polar surface area (TPSA) is 32.3 Å². The highest BCUT2D eigenvalue weighted by molar-refractivity contribution is 5.81. The molecule has 0 bridgehead atoms. The number of benzene rings is 1. The summed E-state index contributed by atoms with van der Waals surface area (Å²) in [5.74, 6) is 2.22. The smallest absolute Gasteiger partial charge is 0.172 e. The van der Waals surface area contributed by atoms with Crippen LogP contribution >= 0.6 is 0 Å². The van der Waals surface area contributed by atoms with Crippen LogP contribution in [0.3, 0.4) is 0 Å². The zero-order valence-electron chi connectivity index (χ0n) is 13.2. The molecule has 2 aliphatic heterocycles. The molecule has 116 valence electrons. The van der Waals surface area contributed by atoms with Crippen LogP contribution in [0, 0.1) is 0 Å². The number of rotatable bonds is 2. The Morgan fingerprint density at radius 1 is 0.591 bits per heavy atom. The van der Waals surface area contributed by atoms with Crippen LogP contribution in [0.5, 0.6) is 0 Å². The first-order valence-electron chi connectivity index (χ1n) is 8.68. The monoisotopic (exact) mass is 296 g/mol. The number of fused-ring (bicyclic) bond motifs is 1.